The average molecular weight is 231 g/mol. The Kier molecular flexibility index (Phi) is 3.74. The zero-order valence-corrected chi connectivity index (χ0v) is 9.88. The molecule has 0 aliphatic heterocycles. The molecule has 1 rings (SSSR count). The summed E-state index contributed by atoms with van der Waals surface area (Å²) in [5, 5.41) is 13.4. The summed E-state index contributed by atoms with van der Waals surface area (Å²) in [5.74, 6) is -0.705. The highest BCUT2D eigenvalue weighted by molar-refractivity contribution is 6.30. The standard InChI is InChI=1S/C10H15ClN2O2/c1-6(5-9(14)15)4-8-7(2)12-13(3)10(8)11/h6H,4-5H2,1-3H3,(H,14,15). The maximum Gasteiger partial charge on any atom is 0.303 e. The lowest BCUT2D eigenvalue weighted by molar-refractivity contribution is -0.137. The molecule has 0 radical (unpaired) electrons. The maximum absolute atomic E-state index is 10.5. The molecule has 0 saturated heterocycles. The van der Waals surface area contributed by atoms with Gasteiger partial charge >= 0.3 is 5.97 Å². The van der Waals surface area contributed by atoms with Crippen molar-refractivity contribution in [2.75, 3.05) is 0 Å². The van der Waals surface area contributed by atoms with Crippen molar-refractivity contribution >= 4 is 17.6 Å². The van der Waals surface area contributed by atoms with Gasteiger partial charge in [-0.2, -0.15) is 5.10 Å². The van der Waals surface area contributed by atoms with Crippen LogP contribution in [0.15, 0.2) is 0 Å². The van der Waals surface area contributed by atoms with Crippen LogP contribution in [0.2, 0.25) is 5.15 Å². The second-order valence-corrected chi connectivity index (χ2v) is 4.24. The molecule has 0 amide bonds. The van der Waals surface area contributed by atoms with Gasteiger partial charge in [-0.1, -0.05) is 18.5 Å². The monoisotopic (exact) mass is 230 g/mol. The quantitative estimate of drug-likeness (QED) is 0.861. The Balaban J connectivity index is 2.76. The maximum atomic E-state index is 10.5. The minimum absolute atomic E-state index is 0.0721. The minimum atomic E-state index is -0.778. The van der Waals surface area contributed by atoms with E-state index < -0.39 is 5.97 Å². The normalized spacial score (nSPS) is 12.8. The summed E-state index contributed by atoms with van der Waals surface area (Å²) in [6.07, 6.45) is 0.815. The second kappa shape index (κ2) is 4.66. The van der Waals surface area contributed by atoms with Crippen LogP contribution in [0.3, 0.4) is 0 Å². The van der Waals surface area contributed by atoms with Crippen molar-refractivity contribution in [3.8, 4) is 0 Å². The van der Waals surface area contributed by atoms with Crippen LogP contribution in [0.5, 0.6) is 0 Å². The third-order valence-corrected chi connectivity index (χ3v) is 2.82. The van der Waals surface area contributed by atoms with E-state index in [1.165, 1.54) is 0 Å². The Bertz CT molecular complexity index is 374. The van der Waals surface area contributed by atoms with Gasteiger partial charge in [0.2, 0.25) is 0 Å². The molecule has 5 heteroatoms. The van der Waals surface area contributed by atoms with Crippen LogP contribution < -0.4 is 0 Å². The molecule has 0 saturated carbocycles. The molecule has 0 aromatic carbocycles. The summed E-state index contributed by atoms with van der Waals surface area (Å²) in [6.45, 7) is 3.78. The molecule has 1 atom stereocenters. The Hall–Kier alpha value is -1.03. The van der Waals surface area contributed by atoms with Crippen molar-refractivity contribution in [2.45, 2.75) is 26.7 Å². The summed E-state index contributed by atoms with van der Waals surface area (Å²) in [7, 11) is 1.78. The molecular weight excluding hydrogens is 216 g/mol. The summed E-state index contributed by atoms with van der Waals surface area (Å²) in [5.41, 5.74) is 1.83. The first-order valence-electron chi connectivity index (χ1n) is 4.81. The highest BCUT2D eigenvalue weighted by atomic mass is 35.5. The number of aromatic nitrogens is 2. The molecule has 84 valence electrons. The van der Waals surface area contributed by atoms with E-state index in [4.69, 9.17) is 16.7 Å². The van der Waals surface area contributed by atoms with Gasteiger partial charge in [0.1, 0.15) is 5.15 Å². The zero-order chi connectivity index (χ0) is 11.6. The molecule has 0 aliphatic carbocycles. The van der Waals surface area contributed by atoms with Gasteiger partial charge in [0.15, 0.2) is 0 Å². The molecule has 1 aromatic heterocycles. The van der Waals surface area contributed by atoms with Gasteiger partial charge in [0.05, 0.1) is 5.69 Å². The summed E-state index contributed by atoms with van der Waals surface area (Å²) < 4.78 is 1.61. The number of nitrogens with zero attached hydrogens (tertiary/aromatic N) is 2. The van der Waals surface area contributed by atoms with Gasteiger partial charge in [-0.15, -0.1) is 0 Å². The van der Waals surface area contributed by atoms with Crippen molar-refractivity contribution in [3.63, 3.8) is 0 Å². The van der Waals surface area contributed by atoms with Crippen molar-refractivity contribution in [3.05, 3.63) is 16.4 Å². The lowest BCUT2D eigenvalue weighted by Crippen LogP contribution is -2.07. The molecule has 1 aromatic rings. The molecule has 1 N–H and O–H groups in total. The first-order valence-corrected chi connectivity index (χ1v) is 5.19. The number of carboxylic acid groups (broad SMARTS) is 1. The van der Waals surface area contributed by atoms with E-state index in [2.05, 4.69) is 5.10 Å². The van der Waals surface area contributed by atoms with E-state index in [9.17, 15) is 4.79 Å². The van der Waals surface area contributed by atoms with Crippen LogP contribution in [0, 0.1) is 12.8 Å². The van der Waals surface area contributed by atoms with Crippen molar-refractivity contribution in [1.82, 2.24) is 9.78 Å². The van der Waals surface area contributed by atoms with Crippen molar-refractivity contribution < 1.29 is 9.90 Å². The van der Waals surface area contributed by atoms with Gasteiger partial charge < -0.3 is 5.11 Å². The fourth-order valence-corrected chi connectivity index (χ4v) is 1.88. The van der Waals surface area contributed by atoms with Crippen LogP contribution in [0.1, 0.15) is 24.6 Å². The molecule has 1 unspecified atom stereocenters. The van der Waals surface area contributed by atoms with Crippen LogP contribution in [0.4, 0.5) is 0 Å². The number of carbonyl (C=O) groups is 1. The Morgan fingerprint density at radius 2 is 2.27 bits per heavy atom. The Labute approximate surface area is 93.9 Å². The molecule has 4 nitrogen and oxygen atoms in total. The lowest BCUT2D eigenvalue weighted by Gasteiger charge is -2.07. The number of rotatable bonds is 4. The predicted molar refractivity (Wildman–Crippen MR) is 58.1 cm³/mol. The topological polar surface area (TPSA) is 55.1 Å². The zero-order valence-electron chi connectivity index (χ0n) is 9.12. The lowest BCUT2D eigenvalue weighted by atomic mass is 9.99. The first kappa shape index (κ1) is 12.0. The number of halogens is 1. The SMILES string of the molecule is Cc1nn(C)c(Cl)c1CC(C)CC(=O)O. The van der Waals surface area contributed by atoms with Crippen LogP contribution in [-0.4, -0.2) is 20.9 Å². The molecule has 1 heterocycles. The highest BCUT2D eigenvalue weighted by Crippen LogP contribution is 2.23. The van der Waals surface area contributed by atoms with Gasteiger partial charge in [0.25, 0.3) is 0 Å². The largest absolute Gasteiger partial charge is 0.481 e. The molecule has 0 spiro atoms. The fourth-order valence-electron chi connectivity index (χ4n) is 1.62. The number of carboxylic acids is 1. The first-order chi connectivity index (χ1) is 6.91. The molecule has 0 bridgehead atoms. The predicted octanol–water partition coefficient (Wildman–Crippen LogP) is 2.04. The number of aryl methyl sites for hydroxylation is 2. The third-order valence-electron chi connectivity index (χ3n) is 2.35. The van der Waals surface area contributed by atoms with E-state index in [0.29, 0.717) is 11.6 Å². The summed E-state index contributed by atoms with van der Waals surface area (Å²) in [6, 6.07) is 0. The summed E-state index contributed by atoms with van der Waals surface area (Å²) in [4.78, 5) is 10.5. The average Bonchev–Trinajstić information content (AvgIpc) is 2.31. The molecule has 0 aliphatic rings. The number of hydrogen-bond acceptors (Lipinski definition) is 2. The van der Waals surface area contributed by atoms with Crippen LogP contribution >= 0.6 is 11.6 Å². The third kappa shape index (κ3) is 2.96. The van der Waals surface area contributed by atoms with Gasteiger partial charge in [0, 0.05) is 19.0 Å². The molecule has 0 fully saturated rings. The second-order valence-electron chi connectivity index (χ2n) is 3.89. The molecular formula is C10H15ClN2O2. The van der Waals surface area contributed by atoms with E-state index in [0.717, 1.165) is 11.3 Å². The number of hydrogen-bond donors (Lipinski definition) is 1. The van der Waals surface area contributed by atoms with Gasteiger partial charge in [-0.3, -0.25) is 9.48 Å². The molecule has 15 heavy (non-hydrogen) atoms. The van der Waals surface area contributed by atoms with Crippen LogP contribution in [-0.2, 0) is 18.3 Å². The van der Waals surface area contributed by atoms with E-state index in [1.807, 2.05) is 13.8 Å². The Morgan fingerprint density at radius 3 is 2.67 bits per heavy atom. The van der Waals surface area contributed by atoms with E-state index >= 15 is 0 Å². The number of aliphatic carboxylic acids is 1. The smallest absolute Gasteiger partial charge is 0.303 e. The Morgan fingerprint density at radius 1 is 1.67 bits per heavy atom. The van der Waals surface area contributed by atoms with Crippen molar-refractivity contribution in [1.29, 1.82) is 0 Å². The fraction of sp³-hybridized carbons (Fsp3) is 0.600. The van der Waals surface area contributed by atoms with Crippen molar-refractivity contribution in [2.24, 2.45) is 13.0 Å². The minimum Gasteiger partial charge on any atom is -0.481 e. The summed E-state index contributed by atoms with van der Waals surface area (Å²) >= 11 is 6.05. The van der Waals surface area contributed by atoms with Crippen LogP contribution in [0.25, 0.3) is 0 Å². The van der Waals surface area contributed by atoms with E-state index in [-0.39, 0.29) is 12.3 Å². The van der Waals surface area contributed by atoms with Gasteiger partial charge in [-0.25, -0.2) is 0 Å². The highest BCUT2D eigenvalue weighted by Gasteiger charge is 2.16. The van der Waals surface area contributed by atoms with E-state index in [1.54, 1.807) is 11.7 Å². The van der Waals surface area contributed by atoms with Gasteiger partial charge in [-0.05, 0) is 19.3 Å².